The third kappa shape index (κ3) is 2.42. The highest BCUT2D eigenvalue weighted by molar-refractivity contribution is 6.36. The highest BCUT2D eigenvalue weighted by atomic mass is 35.5. The summed E-state index contributed by atoms with van der Waals surface area (Å²) in [5.74, 6) is -0.253. The highest BCUT2D eigenvalue weighted by Gasteiger charge is 2.51. The summed E-state index contributed by atoms with van der Waals surface area (Å²) in [5.41, 5.74) is 6.18. The summed E-state index contributed by atoms with van der Waals surface area (Å²) in [7, 11) is 0. The normalized spacial score (nSPS) is 21.9. The fourth-order valence-electron chi connectivity index (χ4n) is 3.54. The molecule has 4 nitrogen and oxygen atoms in total. The maximum absolute atomic E-state index is 12.9. The topological polar surface area (TPSA) is 63.4 Å². The third-order valence-corrected chi connectivity index (χ3v) is 4.99. The van der Waals surface area contributed by atoms with Crippen LogP contribution in [0, 0.1) is 5.41 Å². The number of imide groups is 1. The number of benzene rings is 1. The van der Waals surface area contributed by atoms with Crippen LogP contribution in [0.1, 0.15) is 44.9 Å². The van der Waals surface area contributed by atoms with Gasteiger partial charge < -0.3 is 5.73 Å². The Morgan fingerprint density at radius 2 is 1.76 bits per heavy atom. The molecule has 2 N–H and O–H groups in total. The van der Waals surface area contributed by atoms with E-state index in [1.807, 2.05) is 0 Å². The van der Waals surface area contributed by atoms with E-state index < -0.39 is 5.41 Å². The molecule has 1 aromatic carbocycles. The van der Waals surface area contributed by atoms with Gasteiger partial charge in [0.05, 0.1) is 16.1 Å². The number of nitrogen functional groups attached to an aromatic ring is 1. The van der Waals surface area contributed by atoms with E-state index in [1.54, 1.807) is 18.2 Å². The van der Waals surface area contributed by atoms with Gasteiger partial charge in [-0.3, -0.25) is 9.59 Å². The van der Waals surface area contributed by atoms with E-state index in [-0.39, 0.29) is 11.8 Å². The minimum atomic E-state index is -0.512. The number of halogens is 1. The average Bonchev–Trinajstić information content (AvgIpc) is 2.61. The van der Waals surface area contributed by atoms with Crippen LogP contribution in [0.15, 0.2) is 18.2 Å². The molecule has 1 heterocycles. The summed E-state index contributed by atoms with van der Waals surface area (Å²) in [6, 6.07) is 4.90. The Hall–Kier alpha value is -1.55. The number of hydrogen-bond donors (Lipinski definition) is 1. The molecule has 1 aliphatic carbocycles. The number of carbonyl (C=O) groups is 2. The van der Waals surface area contributed by atoms with Crippen LogP contribution in [0.25, 0.3) is 0 Å². The number of carbonyl (C=O) groups excluding carboxylic acids is 2. The van der Waals surface area contributed by atoms with Gasteiger partial charge in [0.15, 0.2) is 0 Å². The molecule has 1 saturated heterocycles. The molecule has 0 unspecified atom stereocenters. The third-order valence-electron chi connectivity index (χ3n) is 4.67. The monoisotopic (exact) mass is 306 g/mol. The number of nitrogens with zero attached hydrogens (tertiary/aromatic N) is 1. The fourth-order valence-corrected chi connectivity index (χ4v) is 3.74. The zero-order chi connectivity index (χ0) is 15.0. The SMILES string of the molecule is Nc1ccc(Cl)c(N2C(=O)CC3(CCCCCC3)C2=O)c1. The standard InChI is InChI=1S/C16H19ClN2O2/c17-12-6-5-11(18)9-13(12)19-14(20)10-16(15(19)21)7-3-1-2-4-8-16/h5-6,9H,1-4,7-8,10,18H2. The minimum Gasteiger partial charge on any atom is -0.399 e. The molecule has 1 saturated carbocycles. The van der Waals surface area contributed by atoms with Crippen molar-refractivity contribution in [2.75, 3.05) is 10.6 Å². The highest BCUT2D eigenvalue weighted by Crippen LogP contribution is 2.46. The van der Waals surface area contributed by atoms with Crippen molar-refractivity contribution in [3.05, 3.63) is 23.2 Å². The second-order valence-corrected chi connectivity index (χ2v) is 6.52. The van der Waals surface area contributed by atoms with Gasteiger partial charge in [-0.05, 0) is 31.0 Å². The molecule has 21 heavy (non-hydrogen) atoms. The first-order valence-corrected chi connectivity index (χ1v) is 7.84. The van der Waals surface area contributed by atoms with E-state index in [1.165, 1.54) is 4.90 Å². The predicted molar refractivity (Wildman–Crippen MR) is 83.1 cm³/mol. The van der Waals surface area contributed by atoms with Gasteiger partial charge in [0.2, 0.25) is 11.8 Å². The lowest BCUT2D eigenvalue weighted by Gasteiger charge is -2.25. The van der Waals surface area contributed by atoms with Gasteiger partial charge in [-0.15, -0.1) is 0 Å². The summed E-state index contributed by atoms with van der Waals surface area (Å²) in [5, 5.41) is 0.386. The molecule has 0 aromatic heterocycles. The number of nitrogens with two attached hydrogens (primary N) is 1. The Balaban J connectivity index is 1.99. The second-order valence-electron chi connectivity index (χ2n) is 6.12. The summed E-state index contributed by atoms with van der Waals surface area (Å²) >= 11 is 6.16. The molecule has 1 spiro atoms. The van der Waals surface area contributed by atoms with Crippen molar-refractivity contribution >= 4 is 34.8 Å². The molecule has 5 heteroatoms. The smallest absolute Gasteiger partial charge is 0.240 e. The molecule has 1 aromatic rings. The first-order valence-electron chi connectivity index (χ1n) is 7.46. The van der Waals surface area contributed by atoms with Crippen LogP contribution in [0.3, 0.4) is 0 Å². The van der Waals surface area contributed by atoms with Crippen LogP contribution in [0.5, 0.6) is 0 Å². The fraction of sp³-hybridized carbons (Fsp3) is 0.500. The van der Waals surface area contributed by atoms with Crippen molar-refractivity contribution in [3.8, 4) is 0 Å². The van der Waals surface area contributed by atoms with Crippen molar-refractivity contribution in [1.82, 2.24) is 0 Å². The Kier molecular flexibility index (Phi) is 3.66. The van der Waals surface area contributed by atoms with E-state index in [9.17, 15) is 9.59 Å². The molecular formula is C16H19ClN2O2. The van der Waals surface area contributed by atoms with Crippen LogP contribution in [0.2, 0.25) is 5.02 Å². The van der Waals surface area contributed by atoms with Crippen molar-refractivity contribution in [3.63, 3.8) is 0 Å². The Morgan fingerprint density at radius 1 is 1.10 bits per heavy atom. The molecule has 0 bridgehead atoms. The van der Waals surface area contributed by atoms with Gasteiger partial charge in [0.1, 0.15) is 0 Å². The lowest BCUT2D eigenvalue weighted by Crippen LogP contribution is -2.35. The van der Waals surface area contributed by atoms with E-state index in [0.717, 1.165) is 38.5 Å². The number of rotatable bonds is 1. The van der Waals surface area contributed by atoms with Crippen LogP contribution < -0.4 is 10.6 Å². The van der Waals surface area contributed by atoms with E-state index in [2.05, 4.69) is 0 Å². The molecule has 0 radical (unpaired) electrons. The molecular weight excluding hydrogens is 288 g/mol. The minimum absolute atomic E-state index is 0.0955. The van der Waals surface area contributed by atoms with Crippen LogP contribution in [-0.4, -0.2) is 11.8 Å². The van der Waals surface area contributed by atoms with Crippen LogP contribution >= 0.6 is 11.6 Å². The molecule has 112 valence electrons. The lowest BCUT2D eigenvalue weighted by atomic mass is 9.79. The van der Waals surface area contributed by atoms with E-state index in [0.29, 0.717) is 22.8 Å². The summed E-state index contributed by atoms with van der Waals surface area (Å²) in [4.78, 5) is 26.6. The Labute approximate surface area is 129 Å². The van der Waals surface area contributed by atoms with Crippen LogP contribution in [0.4, 0.5) is 11.4 Å². The molecule has 2 amide bonds. The predicted octanol–water partition coefficient (Wildman–Crippen LogP) is 3.53. The number of anilines is 2. The van der Waals surface area contributed by atoms with Gasteiger partial charge in [0.25, 0.3) is 0 Å². The largest absolute Gasteiger partial charge is 0.399 e. The van der Waals surface area contributed by atoms with Crippen LogP contribution in [-0.2, 0) is 9.59 Å². The molecule has 3 rings (SSSR count). The Bertz CT molecular complexity index is 592. The molecule has 1 aliphatic heterocycles. The summed E-state index contributed by atoms with van der Waals surface area (Å²) in [6.07, 6.45) is 6.21. The average molecular weight is 307 g/mol. The quantitative estimate of drug-likeness (QED) is 0.637. The molecule has 2 aliphatic rings. The maximum atomic E-state index is 12.9. The van der Waals surface area contributed by atoms with Crippen molar-refractivity contribution in [1.29, 1.82) is 0 Å². The zero-order valence-electron chi connectivity index (χ0n) is 11.9. The molecule has 2 fully saturated rings. The van der Waals surface area contributed by atoms with E-state index >= 15 is 0 Å². The molecule has 0 atom stereocenters. The number of amides is 2. The van der Waals surface area contributed by atoms with Gasteiger partial charge in [-0.25, -0.2) is 4.90 Å². The maximum Gasteiger partial charge on any atom is 0.240 e. The van der Waals surface area contributed by atoms with Crippen molar-refractivity contribution < 1.29 is 9.59 Å². The van der Waals surface area contributed by atoms with Crippen molar-refractivity contribution in [2.24, 2.45) is 5.41 Å². The summed E-state index contributed by atoms with van der Waals surface area (Å²) in [6.45, 7) is 0. The first kappa shape index (κ1) is 14.4. The lowest BCUT2D eigenvalue weighted by molar-refractivity contribution is -0.126. The van der Waals surface area contributed by atoms with Gasteiger partial charge in [-0.1, -0.05) is 37.3 Å². The van der Waals surface area contributed by atoms with Crippen molar-refractivity contribution in [2.45, 2.75) is 44.9 Å². The summed E-state index contributed by atoms with van der Waals surface area (Å²) < 4.78 is 0. The van der Waals surface area contributed by atoms with Gasteiger partial charge in [0, 0.05) is 12.1 Å². The van der Waals surface area contributed by atoms with Gasteiger partial charge in [-0.2, -0.15) is 0 Å². The zero-order valence-corrected chi connectivity index (χ0v) is 12.7. The second kappa shape index (κ2) is 5.34. The Morgan fingerprint density at radius 3 is 2.43 bits per heavy atom. The van der Waals surface area contributed by atoms with E-state index in [4.69, 9.17) is 17.3 Å². The first-order chi connectivity index (χ1) is 10.0. The van der Waals surface area contributed by atoms with Gasteiger partial charge >= 0.3 is 0 Å². The number of hydrogen-bond acceptors (Lipinski definition) is 3.